The van der Waals surface area contributed by atoms with Crippen molar-refractivity contribution in [2.45, 2.75) is 25.9 Å². The van der Waals surface area contributed by atoms with Crippen LogP contribution in [0.4, 0.5) is 45.5 Å². The molecule has 492 valence electrons. The van der Waals surface area contributed by atoms with Gasteiger partial charge in [-0.05, 0) is 148 Å². The van der Waals surface area contributed by atoms with Gasteiger partial charge in [0.15, 0.2) is 0 Å². The zero-order chi connectivity index (χ0) is 68.9. The zero-order valence-electron chi connectivity index (χ0n) is 56.8. The van der Waals surface area contributed by atoms with E-state index in [1.807, 2.05) is 46.5 Å². The third-order valence-corrected chi connectivity index (χ3v) is 29.2. The van der Waals surface area contributed by atoms with E-state index in [1.54, 1.807) is 0 Å². The average molecular weight is 1430 g/mol. The van der Waals surface area contributed by atoms with Crippen molar-refractivity contribution in [3.63, 3.8) is 0 Å². The summed E-state index contributed by atoms with van der Waals surface area (Å²) in [5, 5.41) is 4.99. The Kier molecular flexibility index (Phi) is 11.1. The number of aromatic nitrogens is 2. The van der Waals surface area contributed by atoms with E-state index in [1.165, 1.54) is 130 Å². The number of ether oxygens (including phenoxy) is 2. The molecule has 8 nitrogen and oxygen atoms in total. The fourth-order valence-electron chi connectivity index (χ4n) is 20.4. The molecule has 17 aromatic rings. The standard InChI is InChI=1S/C91H50B4N6O2S4/c1-5-25-50(26-6-1)98-66-43-23-17-37-60(66)74-85-81-78-70(104-92(85)98)45-54(96-62-39-19-13-33-56(62)57-34-14-20-40-63(57)96)47-72(78)106-94-87(81)83-76-68(100(94)52-29-9-3-10-30-52)49-69-77-80(76)91(102-89(74)83)103-90-75-61-38-18-24-44-67(61)99(51-27-7-2-8-28-51)93-86(75)82-79-71(105-93)46-55(97-64-41-21-15-35-58(64)59-36-16-22-42-65(59)97)48-73(79)107-95(88(82)84(77)90)101(69)53-31-11-4-12-32-53/h1-49,91H. The van der Waals surface area contributed by atoms with Gasteiger partial charge in [-0.1, -0.05) is 182 Å². The van der Waals surface area contributed by atoms with E-state index in [-0.39, 0.29) is 24.5 Å². The van der Waals surface area contributed by atoms with Crippen molar-refractivity contribution in [3.8, 4) is 89.6 Å². The predicted octanol–water partition coefficient (Wildman–Crippen LogP) is 21.5. The number of fused-ring (bicyclic) bond motifs is 12. The Morgan fingerprint density at radius 3 is 0.879 bits per heavy atom. The van der Waals surface area contributed by atoms with Crippen LogP contribution in [-0.2, 0) is 0 Å². The Morgan fingerprint density at radius 2 is 0.533 bits per heavy atom. The van der Waals surface area contributed by atoms with Crippen molar-refractivity contribution in [1.29, 1.82) is 0 Å². The van der Waals surface area contributed by atoms with Gasteiger partial charge in [0.1, 0.15) is 11.5 Å². The lowest BCUT2D eigenvalue weighted by atomic mass is 9.54. The van der Waals surface area contributed by atoms with Crippen LogP contribution in [0.25, 0.3) is 122 Å². The predicted molar refractivity (Wildman–Crippen MR) is 451 cm³/mol. The monoisotopic (exact) mass is 1430 g/mol. The van der Waals surface area contributed by atoms with Gasteiger partial charge >= 0.3 is 24.5 Å². The zero-order valence-corrected chi connectivity index (χ0v) is 60.1. The number of benzene rings is 15. The van der Waals surface area contributed by atoms with Crippen LogP contribution in [-0.4, -0.2) is 33.6 Å². The highest BCUT2D eigenvalue weighted by Gasteiger charge is 2.60. The lowest BCUT2D eigenvalue weighted by molar-refractivity contribution is 0.00115. The Hall–Kier alpha value is -11.6. The minimum absolute atomic E-state index is 0.188. The van der Waals surface area contributed by atoms with Crippen LogP contribution < -0.4 is 50.6 Å². The molecule has 0 unspecified atom stereocenters. The topological polar surface area (TPSA) is 41.3 Å². The molecular formula is C91H50B4N6O2S4. The molecule has 0 bridgehead atoms. The van der Waals surface area contributed by atoms with E-state index in [2.05, 4.69) is 326 Å². The summed E-state index contributed by atoms with van der Waals surface area (Å²) in [6.07, 6.45) is -1.71. The van der Waals surface area contributed by atoms with Crippen LogP contribution in [0.1, 0.15) is 11.9 Å². The summed E-state index contributed by atoms with van der Waals surface area (Å²) < 4.78 is 21.8. The first-order valence-corrected chi connectivity index (χ1v) is 40.3. The van der Waals surface area contributed by atoms with E-state index in [9.17, 15) is 0 Å². The van der Waals surface area contributed by atoms with Crippen molar-refractivity contribution < 1.29 is 9.47 Å². The minimum atomic E-state index is -0.853. The molecule has 2 aromatic heterocycles. The molecule has 0 saturated heterocycles. The Labute approximate surface area is 633 Å². The van der Waals surface area contributed by atoms with E-state index in [4.69, 9.17) is 9.47 Å². The smallest absolute Gasteiger partial charge is 0.368 e. The maximum Gasteiger partial charge on any atom is 0.368 e. The molecule has 10 aliphatic heterocycles. The van der Waals surface area contributed by atoms with Crippen molar-refractivity contribution in [2.75, 3.05) is 19.2 Å². The second-order valence-electron chi connectivity index (χ2n) is 29.3. The number of nitrogens with zero attached hydrogens (tertiary/aromatic N) is 6. The summed E-state index contributed by atoms with van der Waals surface area (Å²) in [6.45, 7) is 0. The van der Waals surface area contributed by atoms with Gasteiger partial charge in [-0.3, -0.25) is 0 Å². The number of hydrogen-bond acceptors (Lipinski definition) is 10. The highest BCUT2D eigenvalue weighted by molar-refractivity contribution is 8.29. The van der Waals surface area contributed by atoms with E-state index < -0.39 is 6.29 Å². The molecule has 0 radical (unpaired) electrons. The molecule has 10 aliphatic rings. The van der Waals surface area contributed by atoms with E-state index in [0.29, 0.717) is 0 Å². The molecule has 15 aromatic carbocycles. The number of anilines is 8. The van der Waals surface area contributed by atoms with Gasteiger partial charge in [0.2, 0.25) is 0 Å². The molecule has 0 spiro atoms. The first kappa shape index (κ1) is 57.6. The van der Waals surface area contributed by atoms with Crippen molar-refractivity contribution >= 4 is 182 Å². The molecule has 0 fully saturated rings. The molecular weight excluding hydrogens is 1380 g/mol. The maximum absolute atomic E-state index is 8.39. The maximum atomic E-state index is 8.39. The Morgan fingerprint density at radius 1 is 0.243 bits per heavy atom. The molecule has 0 aliphatic carbocycles. The van der Waals surface area contributed by atoms with Crippen LogP contribution in [0.5, 0.6) is 11.5 Å². The fourth-order valence-corrected chi connectivity index (χ4v) is 26.3. The van der Waals surface area contributed by atoms with Crippen LogP contribution in [0.2, 0.25) is 0 Å². The molecule has 27 rings (SSSR count). The lowest BCUT2D eigenvalue weighted by Crippen LogP contribution is -2.59. The summed E-state index contributed by atoms with van der Waals surface area (Å²) in [6, 6.07) is 112. The van der Waals surface area contributed by atoms with Gasteiger partial charge in [-0.2, -0.15) is 0 Å². The van der Waals surface area contributed by atoms with Gasteiger partial charge < -0.3 is 37.9 Å². The summed E-state index contributed by atoms with van der Waals surface area (Å²) in [4.78, 5) is 15.8. The van der Waals surface area contributed by atoms with Gasteiger partial charge in [-0.25, -0.2) is 0 Å². The summed E-state index contributed by atoms with van der Waals surface area (Å²) in [5.41, 5.74) is 37.1. The first-order valence-electron chi connectivity index (χ1n) is 36.7. The lowest BCUT2D eigenvalue weighted by Gasteiger charge is -2.53. The van der Waals surface area contributed by atoms with Gasteiger partial charge in [0, 0.05) is 154 Å². The third kappa shape index (κ3) is 7.20. The van der Waals surface area contributed by atoms with Gasteiger partial charge in [0.05, 0.1) is 27.6 Å². The summed E-state index contributed by atoms with van der Waals surface area (Å²) in [7, 11) is 0. The molecule has 107 heavy (non-hydrogen) atoms. The van der Waals surface area contributed by atoms with Crippen LogP contribution in [0.15, 0.2) is 317 Å². The molecule has 0 saturated carbocycles. The van der Waals surface area contributed by atoms with Gasteiger partial charge in [0.25, 0.3) is 6.29 Å². The summed E-state index contributed by atoms with van der Waals surface area (Å²) >= 11 is 7.96. The minimum Gasteiger partial charge on any atom is -0.449 e. The third-order valence-electron chi connectivity index (χ3n) is 24.3. The Balaban J connectivity index is 0.792. The summed E-state index contributed by atoms with van der Waals surface area (Å²) in [5.74, 6) is 1.80. The highest BCUT2D eigenvalue weighted by Crippen LogP contribution is 2.70. The average Bonchev–Trinajstić information content (AvgIpc) is 0.962. The quantitative estimate of drug-likeness (QED) is 0.150. The fraction of sp³-hybridized carbons (Fsp3) is 0.0110. The molecule has 0 amide bonds. The molecule has 16 heteroatoms. The van der Waals surface area contributed by atoms with Crippen molar-refractivity contribution in [2.24, 2.45) is 0 Å². The SMILES string of the molecule is c1ccc(N2B3Sc4cc(-n5c6ccccc6c6ccccc65)cc5c4-c4c3c(c3c6c4B(S5)N(c4ccccc4)c4cc5c7c(c4-6)C(O3)Oc3c4c6c8c(c3-7)B(Sc3cc(-n7c9ccccc9c9ccccc97)cc(c3-8)SB6N(c3ccccc3)c3ccccc3-4)N5c3ccccc3)-c3ccccc32)cc1. The van der Waals surface area contributed by atoms with Crippen LogP contribution in [0, 0.1) is 0 Å². The van der Waals surface area contributed by atoms with E-state index >= 15 is 0 Å². The molecule has 0 atom stereocenters. The highest BCUT2D eigenvalue weighted by atomic mass is 32.2. The first-order chi connectivity index (χ1) is 53.1. The second kappa shape index (κ2) is 20.7. The second-order valence-corrected chi connectivity index (χ2v) is 33.8. The largest absolute Gasteiger partial charge is 0.449 e. The van der Waals surface area contributed by atoms with Crippen molar-refractivity contribution in [3.05, 3.63) is 303 Å². The van der Waals surface area contributed by atoms with Crippen molar-refractivity contribution in [1.82, 2.24) is 9.13 Å². The van der Waals surface area contributed by atoms with Gasteiger partial charge in [-0.15, -0.1) is 46.5 Å². The number of para-hydroxylation sites is 10. The van der Waals surface area contributed by atoms with Crippen LogP contribution >= 0.6 is 46.5 Å². The number of hydrogen-bond donors (Lipinski definition) is 0. The number of rotatable bonds is 6. The Bertz CT molecular complexity index is 6480. The molecule has 0 N–H and O–H groups in total. The molecule has 12 heterocycles. The normalized spacial score (nSPS) is 15.3. The van der Waals surface area contributed by atoms with Crippen LogP contribution in [0.3, 0.4) is 0 Å². The van der Waals surface area contributed by atoms with E-state index in [0.717, 1.165) is 96.2 Å².